The van der Waals surface area contributed by atoms with Crippen LogP contribution < -0.4 is 15.6 Å². The van der Waals surface area contributed by atoms with Crippen molar-refractivity contribution in [3.05, 3.63) is 65.4 Å². The number of aryl methyl sites for hydroxylation is 1. The van der Waals surface area contributed by atoms with Crippen molar-refractivity contribution in [1.82, 2.24) is 15.6 Å². The number of carbonyl (C=O) groups is 2. The van der Waals surface area contributed by atoms with Crippen molar-refractivity contribution in [1.29, 1.82) is 0 Å². The summed E-state index contributed by atoms with van der Waals surface area (Å²) in [4.78, 5) is 23.5. The molecule has 0 fully saturated rings. The fraction of sp³-hybridized carbons (Fsp3) is 0.200. The Kier molecular flexibility index (Phi) is 6.28. The van der Waals surface area contributed by atoms with Crippen LogP contribution in [0, 0.1) is 6.92 Å². The molecule has 170 valence electrons. The fourth-order valence-electron chi connectivity index (χ4n) is 2.96. The Morgan fingerprint density at radius 2 is 1.62 bits per heavy atom. The number of nitrogens with one attached hydrogen (secondary N) is 3. The zero-order valence-corrected chi connectivity index (χ0v) is 17.6. The Labute approximate surface area is 180 Å². The number of rotatable bonds is 5. The molecule has 8 nitrogen and oxygen atoms in total. The van der Waals surface area contributed by atoms with Crippen molar-refractivity contribution >= 4 is 32.8 Å². The van der Waals surface area contributed by atoms with E-state index in [1.54, 1.807) is 31.2 Å². The Morgan fingerprint density at radius 1 is 1.00 bits per heavy atom. The van der Waals surface area contributed by atoms with Crippen LogP contribution in [0.3, 0.4) is 0 Å². The third kappa shape index (κ3) is 4.75. The van der Waals surface area contributed by atoms with E-state index >= 15 is 0 Å². The van der Waals surface area contributed by atoms with Gasteiger partial charge < -0.3 is 4.42 Å². The Balaban J connectivity index is 1.68. The van der Waals surface area contributed by atoms with E-state index in [4.69, 9.17) is 4.42 Å². The van der Waals surface area contributed by atoms with Crippen LogP contribution in [0.4, 0.5) is 13.2 Å². The van der Waals surface area contributed by atoms with E-state index in [1.807, 2.05) is 10.1 Å². The van der Waals surface area contributed by atoms with Crippen molar-refractivity contribution in [3.8, 4) is 0 Å². The predicted octanol–water partition coefficient (Wildman–Crippen LogP) is 2.89. The molecule has 0 spiro atoms. The molecule has 32 heavy (non-hydrogen) atoms. The number of halogens is 3. The van der Waals surface area contributed by atoms with E-state index in [2.05, 4.69) is 5.43 Å². The quantitative estimate of drug-likeness (QED) is 0.497. The molecule has 3 N–H and O–H groups in total. The summed E-state index contributed by atoms with van der Waals surface area (Å²) in [6.07, 6.45) is -4.91. The minimum absolute atomic E-state index is 0.0566. The lowest BCUT2D eigenvalue weighted by atomic mass is 10.1. The average Bonchev–Trinajstić information content (AvgIpc) is 3.07. The lowest BCUT2D eigenvalue weighted by Gasteiger charge is -2.17. The maximum atomic E-state index is 13.1. The minimum Gasteiger partial charge on any atom is -0.451 e. The molecule has 12 heteroatoms. The summed E-state index contributed by atoms with van der Waals surface area (Å²) in [7, 11) is -4.70. The van der Waals surface area contributed by atoms with Crippen molar-refractivity contribution < 1.29 is 35.6 Å². The minimum atomic E-state index is -4.91. The summed E-state index contributed by atoms with van der Waals surface area (Å²) in [5, 5.41) is 0.702. The maximum absolute atomic E-state index is 13.1. The topological polar surface area (TPSA) is 118 Å². The lowest BCUT2D eigenvalue weighted by Crippen LogP contribution is -2.51. The van der Waals surface area contributed by atoms with Gasteiger partial charge in [-0.25, -0.2) is 8.42 Å². The number of fused-ring (bicyclic) bond motifs is 1. The second-order valence-corrected chi connectivity index (χ2v) is 8.52. The van der Waals surface area contributed by atoms with Gasteiger partial charge in [-0.15, -0.1) is 0 Å². The maximum Gasteiger partial charge on any atom is 0.417 e. The van der Waals surface area contributed by atoms with Crippen LogP contribution in [0.5, 0.6) is 0 Å². The number of carbonyl (C=O) groups excluding carboxylic acids is 2. The zero-order valence-electron chi connectivity index (χ0n) is 16.8. The first kappa shape index (κ1) is 23.3. The van der Waals surface area contributed by atoms with E-state index < -0.39 is 44.5 Å². The molecule has 2 aromatic carbocycles. The predicted molar refractivity (Wildman–Crippen MR) is 108 cm³/mol. The summed E-state index contributed by atoms with van der Waals surface area (Å²) in [5.41, 5.74) is 3.75. The van der Waals surface area contributed by atoms with Crippen LogP contribution in [-0.4, -0.2) is 26.3 Å². The van der Waals surface area contributed by atoms with Gasteiger partial charge in [0.2, 0.25) is 10.0 Å². The largest absolute Gasteiger partial charge is 0.451 e. The molecule has 0 saturated carbocycles. The second kappa shape index (κ2) is 8.63. The van der Waals surface area contributed by atoms with Crippen LogP contribution >= 0.6 is 0 Å². The monoisotopic (exact) mass is 469 g/mol. The van der Waals surface area contributed by atoms with Crippen molar-refractivity contribution in [2.45, 2.75) is 31.0 Å². The summed E-state index contributed by atoms with van der Waals surface area (Å²) < 4.78 is 71.6. The molecule has 0 unspecified atom stereocenters. The molecule has 0 bridgehead atoms. The number of furan rings is 1. The van der Waals surface area contributed by atoms with Gasteiger partial charge in [0.25, 0.3) is 5.91 Å². The summed E-state index contributed by atoms with van der Waals surface area (Å²) in [6, 6.07) is 8.97. The zero-order chi connectivity index (χ0) is 23.7. The molecular weight excluding hydrogens is 451 g/mol. The highest BCUT2D eigenvalue weighted by Gasteiger charge is 2.37. The normalized spacial score (nSPS) is 13.0. The van der Waals surface area contributed by atoms with Crippen LogP contribution in [0.1, 0.15) is 28.6 Å². The lowest BCUT2D eigenvalue weighted by molar-refractivity contribution is -0.139. The average molecular weight is 469 g/mol. The highest BCUT2D eigenvalue weighted by molar-refractivity contribution is 7.89. The summed E-state index contributed by atoms with van der Waals surface area (Å²) in [5.74, 6) is -1.84. The molecule has 0 saturated heterocycles. The summed E-state index contributed by atoms with van der Waals surface area (Å²) in [6.45, 7) is 2.76. The fourth-order valence-corrected chi connectivity index (χ4v) is 4.39. The van der Waals surface area contributed by atoms with E-state index in [0.29, 0.717) is 22.6 Å². The van der Waals surface area contributed by atoms with Crippen molar-refractivity contribution in [2.75, 3.05) is 0 Å². The first-order chi connectivity index (χ1) is 14.9. The molecule has 0 aliphatic rings. The van der Waals surface area contributed by atoms with Gasteiger partial charge in [-0.05, 0) is 32.0 Å². The van der Waals surface area contributed by atoms with E-state index in [1.165, 1.54) is 0 Å². The molecular formula is C20H18F3N3O5S. The Bertz CT molecular complexity index is 1290. The third-order valence-electron chi connectivity index (χ3n) is 4.56. The Morgan fingerprint density at radius 3 is 2.28 bits per heavy atom. The molecule has 0 aliphatic heterocycles. The van der Waals surface area contributed by atoms with Crippen molar-refractivity contribution in [3.63, 3.8) is 0 Å². The number of sulfonamides is 1. The molecule has 1 aromatic heterocycles. The van der Waals surface area contributed by atoms with Gasteiger partial charge in [-0.2, -0.15) is 17.9 Å². The number of alkyl halides is 3. The number of benzene rings is 2. The van der Waals surface area contributed by atoms with Gasteiger partial charge in [0.1, 0.15) is 5.58 Å². The highest BCUT2D eigenvalue weighted by Crippen LogP contribution is 2.33. The highest BCUT2D eigenvalue weighted by atomic mass is 32.2. The molecule has 3 rings (SSSR count). The van der Waals surface area contributed by atoms with Crippen LogP contribution in [-0.2, 0) is 21.0 Å². The van der Waals surface area contributed by atoms with E-state index in [0.717, 1.165) is 25.1 Å². The smallest absolute Gasteiger partial charge is 0.417 e. The van der Waals surface area contributed by atoms with Crippen LogP contribution in [0.2, 0.25) is 0 Å². The Hall–Kier alpha value is -3.38. The van der Waals surface area contributed by atoms with E-state index in [9.17, 15) is 31.2 Å². The molecule has 3 aromatic rings. The number of para-hydroxylation sites is 1. The SMILES string of the molecule is Cc1c(C(=O)NNC(=O)[C@H](C)NS(=O)(=O)c2ccccc2C(F)(F)F)oc2ccccc12. The first-order valence-corrected chi connectivity index (χ1v) is 10.7. The number of hydrogen-bond donors (Lipinski definition) is 3. The van der Waals surface area contributed by atoms with Gasteiger partial charge in [0, 0.05) is 10.9 Å². The van der Waals surface area contributed by atoms with E-state index in [-0.39, 0.29) is 5.76 Å². The van der Waals surface area contributed by atoms with Crippen LogP contribution in [0.15, 0.2) is 57.8 Å². The van der Waals surface area contributed by atoms with Crippen LogP contribution in [0.25, 0.3) is 11.0 Å². The number of hydrogen-bond acceptors (Lipinski definition) is 5. The molecule has 1 heterocycles. The van der Waals surface area contributed by atoms with Gasteiger partial charge in [0.15, 0.2) is 5.76 Å². The van der Waals surface area contributed by atoms with Gasteiger partial charge in [-0.3, -0.25) is 20.4 Å². The molecule has 2 amide bonds. The summed E-state index contributed by atoms with van der Waals surface area (Å²) >= 11 is 0. The second-order valence-electron chi connectivity index (χ2n) is 6.83. The molecule has 0 radical (unpaired) electrons. The standard InChI is InChI=1S/C20H18F3N3O5S/c1-11-13-7-3-5-9-15(13)31-17(11)19(28)25-24-18(27)12(2)26-32(29,30)16-10-6-4-8-14(16)20(21,22)23/h3-10,12,26H,1-2H3,(H,24,27)(H,25,28)/t12-/m0/s1. The molecule has 1 atom stereocenters. The first-order valence-electron chi connectivity index (χ1n) is 9.18. The van der Waals surface area contributed by atoms with Gasteiger partial charge in [-0.1, -0.05) is 30.3 Å². The van der Waals surface area contributed by atoms with Gasteiger partial charge in [0.05, 0.1) is 16.5 Å². The van der Waals surface area contributed by atoms with Gasteiger partial charge >= 0.3 is 12.1 Å². The molecule has 0 aliphatic carbocycles. The third-order valence-corrected chi connectivity index (χ3v) is 6.16. The number of hydrazine groups is 1. The van der Waals surface area contributed by atoms with Crippen molar-refractivity contribution in [2.24, 2.45) is 0 Å². The number of amides is 2.